The molecule has 0 bridgehead atoms. The quantitative estimate of drug-likeness (QED) is 0.646. The molecule has 1 saturated heterocycles. The van der Waals surface area contributed by atoms with Gasteiger partial charge in [-0.3, -0.25) is 10.1 Å². The minimum absolute atomic E-state index is 0.248. The summed E-state index contributed by atoms with van der Waals surface area (Å²) < 4.78 is 5.43. The Morgan fingerprint density at radius 1 is 1.27 bits per heavy atom. The molecule has 6 heteroatoms. The Kier molecular flexibility index (Phi) is 5.64. The van der Waals surface area contributed by atoms with Crippen LogP contribution in [0.1, 0.15) is 37.8 Å². The van der Waals surface area contributed by atoms with E-state index in [0.717, 1.165) is 53.0 Å². The van der Waals surface area contributed by atoms with Crippen molar-refractivity contribution in [1.82, 2.24) is 15.3 Å². The summed E-state index contributed by atoms with van der Waals surface area (Å²) in [7, 11) is 3.58. The Morgan fingerprint density at radius 3 is 2.69 bits per heavy atom. The minimum Gasteiger partial charge on any atom is -0.496 e. The SMILES string of the molecule is COc1ccc(C(C)NC(=O)N(O)C2CCCCN2C)c2ccccc12. The number of fused-ring (bicyclic) bond motifs is 1. The van der Waals surface area contributed by atoms with Crippen LogP contribution in [-0.2, 0) is 0 Å². The molecule has 2 N–H and O–H groups in total. The average molecular weight is 357 g/mol. The molecule has 1 aliphatic rings. The van der Waals surface area contributed by atoms with Crippen LogP contribution >= 0.6 is 0 Å². The molecule has 2 aromatic rings. The van der Waals surface area contributed by atoms with Crippen LogP contribution in [-0.4, -0.2) is 48.1 Å². The zero-order valence-corrected chi connectivity index (χ0v) is 15.6. The van der Waals surface area contributed by atoms with Crippen LogP contribution in [0.2, 0.25) is 0 Å². The van der Waals surface area contributed by atoms with E-state index in [1.165, 1.54) is 0 Å². The molecule has 0 radical (unpaired) electrons. The average Bonchev–Trinajstić information content (AvgIpc) is 2.66. The molecule has 0 aliphatic carbocycles. The lowest BCUT2D eigenvalue weighted by atomic mass is 9.99. The number of amides is 2. The van der Waals surface area contributed by atoms with Crippen LogP contribution in [0.15, 0.2) is 36.4 Å². The summed E-state index contributed by atoms with van der Waals surface area (Å²) in [5, 5.41) is 16.1. The highest BCUT2D eigenvalue weighted by atomic mass is 16.5. The largest absolute Gasteiger partial charge is 0.496 e. The first kappa shape index (κ1) is 18.5. The highest BCUT2D eigenvalue weighted by molar-refractivity contribution is 5.91. The molecular formula is C20H27N3O3. The number of methoxy groups -OCH3 is 1. The first-order valence-electron chi connectivity index (χ1n) is 9.07. The van der Waals surface area contributed by atoms with Gasteiger partial charge < -0.3 is 10.1 Å². The predicted molar refractivity (Wildman–Crippen MR) is 101 cm³/mol. The third-order valence-electron chi connectivity index (χ3n) is 5.17. The maximum Gasteiger partial charge on any atom is 0.343 e. The van der Waals surface area contributed by atoms with Gasteiger partial charge in [-0.15, -0.1) is 0 Å². The van der Waals surface area contributed by atoms with Crippen LogP contribution in [0.3, 0.4) is 0 Å². The molecule has 2 atom stereocenters. The Bertz CT molecular complexity index is 780. The van der Waals surface area contributed by atoms with Crippen molar-refractivity contribution in [3.63, 3.8) is 0 Å². The maximum absolute atomic E-state index is 12.5. The van der Waals surface area contributed by atoms with Gasteiger partial charge in [-0.1, -0.05) is 30.3 Å². The summed E-state index contributed by atoms with van der Waals surface area (Å²) >= 11 is 0. The Morgan fingerprint density at radius 2 is 2.00 bits per heavy atom. The lowest BCUT2D eigenvalue weighted by Crippen LogP contribution is -2.53. The second-order valence-electron chi connectivity index (χ2n) is 6.88. The predicted octanol–water partition coefficient (Wildman–Crippen LogP) is 3.75. The van der Waals surface area contributed by atoms with Crippen molar-refractivity contribution in [1.29, 1.82) is 0 Å². The summed E-state index contributed by atoms with van der Waals surface area (Å²) in [5.74, 6) is 0.801. The summed E-state index contributed by atoms with van der Waals surface area (Å²) in [6.45, 7) is 2.80. The number of carbonyl (C=O) groups is 1. The lowest BCUT2D eigenvalue weighted by molar-refractivity contribution is -0.133. The normalized spacial score (nSPS) is 19.2. The summed E-state index contributed by atoms with van der Waals surface area (Å²) in [6, 6.07) is 11.1. The molecule has 6 nitrogen and oxygen atoms in total. The van der Waals surface area contributed by atoms with E-state index < -0.39 is 6.03 Å². The molecule has 2 aromatic carbocycles. The number of hydrogen-bond donors (Lipinski definition) is 2. The third kappa shape index (κ3) is 3.61. The first-order valence-corrected chi connectivity index (χ1v) is 9.07. The third-order valence-corrected chi connectivity index (χ3v) is 5.17. The molecule has 0 saturated carbocycles. The van der Waals surface area contributed by atoms with Gasteiger partial charge in [0.15, 0.2) is 0 Å². The Hall–Kier alpha value is -2.31. The molecule has 1 fully saturated rings. The van der Waals surface area contributed by atoms with Gasteiger partial charge in [-0.25, -0.2) is 4.79 Å². The highest BCUT2D eigenvalue weighted by Gasteiger charge is 2.29. The van der Waals surface area contributed by atoms with E-state index in [-0.39, 0.29) is 12.2 Å². The van der Waals surface area contributed by atoms with Crippen LogP contribution in [0, 0.1) is 0 Å². The zero-order valence-electron chi connectivity index (χ0n) is 15.6. The van der Waals surface area contributed by atoms with Gasteiger partial charge in [-0.05, 0) is 56.8 Å². The number of piperidine rings is 1. The number of ether oxygens (including phenoxy) is 1. The van der Waals surface area contributed by atoms with E-state index in [0.29, 0.717) is 0 Å². The number of urea groups is 1. The molecule has 1 heterocycles. The van der Waals surface area contributed by atoms with E-state index in [1.807, 2.05) is 55.3 Å². The van der Waals surface area contributed by atoms with Gasteiger partial charge in [0.2, 0.25) is 0 Å². The van der Waals surface area contributed by atoms with Crippen molar-refractivity contribution in [3.05, 3.63) is 42.0 Å². The van der Waals surface area contributed by atoms with E-state index in [4.69, 9.17) is 4.74 Å². The van der Waals surface area contributed by atoms with Gasteiger partial charge in [0.05, 0.1) is 13.2 Å². The fraction of sp³-hybridized carbons (Fsp3) is 0.450. The summed E-state index contributed by atoms with van der Waals surface area (Å²) in [4.78, 5) is 14.6. The molecule has 26 heavy (non-hydrogen) atoms. The van der Waals surface area contributed by atoms with Gasteiger partial charge >= 0.3 is 6.03 Å². The van der Waals surface area contributed by atoms with Crippen molar-refractivity contribution in [2.75, 3.05) is 20.7 Å². The number of hydroxylamine groups is 2. The van der Waals surface area contributed by atoms with Crippen LogP contribution in [0.25, 0.3) is 10.8 Å². The Balaban J connectivity index is 1.78. The van der Waals surface area contributed by atoms with Crippen molar-refractivity contribution in [2.45, 2.75) is 38.4 Å². The zero-order chi connectivity index (χ0) is 18.7. The first-order chi connectivity index (χ1) is 12.5. The summed E-state index contributed by atoms with van der Waals surface area (Å²) in [5.41, 5.74) is 0.986. The molecular weight excluding hydrogens is 330 g/mol. The van der Waals surface area contributed by atoms with Crippen molar-refractivity contribution >= 4 is 16.8 Å². The van der Waals surface area contributed by atoms with Crippen molar-refractivity contribution in [3.8, 4) is 5.75 Å². The van der Waals surface area contributed by atoms with Gasteiger partial charge in [0.25, 0.3) is 0 Å². The van der Waals surface area contributed by atoms with Crippen molar-refractivity contribution in [2.24, 2.45) is 0 Å². The Labute approximate surface area is 154 Å². The van der Waals surface area contributed by atoms with Crippen LogP contribution < -0.4 is 10.1 Å². The molecule has 3 rings (SSSR count). The maximum atomic E-state index is 12.5. The van der Waals surface area contributed by atoms with E-state index >= 15 is 0 Å². The number of carbonyl (C=O) groups excluding carboxylic acids is 1. The summed E-state index contributed by atoms with van der Waals surface area (Å²) in [6.07, 6.45) is 2.61. The highest BCUT2D eigenvalue weighted by Crippen LogP contribution is 2.31. The number of nitrogens with zero attached hydrogens (tertiary/aromatic N) is 2. The molecule has 0 spiro atoms. The molecule has 2 amide bonds. The molecule has 2 unspecified atom stereocenters. The molecule has 0 aromatic heterocycles. The lowest BCUT2D eigenvalue weighted by Gasteiger charge is -2.37. The smallest absolute Gasteiger partial charge is 0.343 e. The standard InChI is InChI=1S/C20H27N3O3/c1-14(21-20(24)23(25)19-10-6-7-13-22(19)2)15-11-12-18(26-3)17-9-5-4-8-16(15)17/h4-5,8-9,11-12,14,19,25H,6-7,10,13H2,1-3H3,(H,21,24). The molecule has 140 valence electrons. The van der Waals surface area contributed by atoms with E-state index in [1.54, 1.807) is 7.11 Å². The second kappa shape index (κ2) is 7.93. The number of hydrogen-bond acceptors (Lipinski definition) is 4. The topological polar surface area (TPSA) is 65.0 Å². The van der Waals surface area contributed by atoms with Crippen LogP contribution in [0.5, 0.6) is 5.75 Å². The fourth-order valence-corrected chi connectivity index (χ4v) is 3.68. The van der Waals surface area contributed by atoms with Crippen LogP contribution in [0.4, 0.5) is 4.79 Å². The minimum atomic E-state index is -0.476. The van der Waals surface area contributed by atoms with Crippen molar-refractivity contribution < 1.29 is 14.7 Å². The monoisotopic (exact) mass is 357 g/mol. The van der Waals surface area contributed by atoms with Gasteiger partial charge in [0, 0.05) is 5.39 Å². The van der Waals surface area contributed by atoms with E-state index in [2.05, 4.69) is 5.32 Å². The fourth-order valence-electron chi connectivity index (χ4n) is 3.68. The van der Waals surface area contributed by atoms with Gasteiger partial charge in [0.1, 0.15) is 11.9 Å². The second-order valence-corrected chi connectivity index (χ2v) is 6.88. The number of nitrogens with one attached hydrogen (secondary N) is 1. The number of likely N-dealkylation sites (tertiary alicyclic amines) is 1. The number of benzene rings is 2. The molecule has 1 aliphatic heterocycles. The van der Waals surface area contributed by atoms with E-state index in [9.17, 15) is 10.0 Å². The van der Waals surface area contributed by atoms with Gasteiger partial charge in [-0.2, -0.15) is 5.06 Å². The number of rotatable bonds is 4.